The zero-order valence-electron chi connectivity index (χ0n) is 15.9. The van der Waals surface area contributed by atoms with E-state index < -0.39 is 0 Å². The first-order chi connectivity index (χ1) is 13.7. The lowest BCUT2D eigenvalue weighted by Crippen LogP contribution is -2.51. The summed E-state index contributed by atoms with van der Waals surface area (Å²) in [6, 6.07) is 10.5. The number of hydrogen-bond acceptors (Lipinski definition) is 4. The number of piperazine rings is 1. The second-order valence-corrected chi connectivity index (χ2v) is 6.62. The Morgan fingerprint density at radius 1 is 1.07 bits per heavy atom. The predicted molar refractivity (Wildman–Crippen MR) is 122 cm³/mol. The van der Waals surface area contributed by atoms with Crippen LogP contribution in [-0.2, 0) is 6.54 Å². The zero-order chi connectivity index (χ0) is 19.3. The molecule has 152 valence electrons. The Bertz CT molecular complexity index is 936. The monoisotopic (exact) mass is 507 g/mol. The van der Waals surface area contributed by atoms with Crippen LogP contribution in [0.4, 0.5) is 10.1 Å². The van der Waals surface area contributed by atoms with E-state index in [2.05, 4.69) is 24.8 Å². The highest BCUT2D eigenvalue weighted by molar-refractivity contribution is 14.0. The molecule has 2 N–H and O–H groups in total. The van der Waals surface area contributed by atoms with Crippen molar-refractivity contribution in [2.75, 3.05) is 31.1 Å². The lowest BCUT2D eigenvalue weighted by Gasteiger charge is -2.36. The summed E-state index contributed by atoms with van der Waals surface area (Å²) in [6.45, 7) is 3.70. The van der Waals surface area contributed by atoms with Crippen LogP contribution in [0.25, 0.3) is 5.82 Å². The molecule has 7 nitrogen and oxygen atoms in total. The number of anilines is 1. The van der Waals surface area contributed by atoms with Crippen LogP contribution in [0.3, 0.4) is 0 Å². The summed E-state index contributed by atoms with van der Waals surface area (Å²) in [5.41, 5.74) is 8.27. The quantitative estimate of drug-likeness (QED) is 0.334. The number of guanidine groups is 1. The van der Waals surface area contributed by atoms with E-state index >= 15 is 0 Å². The van der Waals surface area contributed by atoms with E-state index in [1.54, 1.807) is 18.7 Å². The van der Waals surface area contributed by atoms with Gasteiger partial charge in [-0.15, -0.1) is 24.0 Å². The second kappa shape index (κ2) is 9.68. The number of imidazole rings is 1. The first-order valence-electron chi connectivity index (χ1n) is 9.18. The highest BCUT2D eigenvalue weighted by atomic mass is 127. The Morgan fingerprint density at radius 2 is 1.83 bits per heavy atom. The Kier molecular flexibility index (Phi) is 7.02. The van der Waals surface area contributed by atoms with Crippen LogP contribution < -0.4 is 10.6 Å². The van der Waals surface area contributed by atoms with Crippen molar-refractivity contribution in [3.8, 4) is 5.82 Å². The SMILES string of the molecule is I.NC(=NCc1ccnc(-n2ccnc2)c1)N1CCN(c2ccc(F)cc2)CC1. The van der Waals surface area contributed by atoms with Crippen LogP contribution in [0.2, 0.25) is 0 Å². The molecule has 1 fully saturated rings. The van der Waals surface area contributed by atoms with E-state index in [4.69, 9.17) is 5.73 Å². The van der Waals surface area contributed by atoms with Gasteiger partial charge in [0.05, 0.1) is 6.54 Å². The molecule has 2 aromatic heterocycles. The summed E-state index contributed by atoms with van der Waals surface area (Å²) in [6.07, 6.45) is 7.04. The number of aliphatic imine (C=N–C) groups is 1. The molecule has 0 bridgehead atoms. The van der Waals surface area contributed by atoms with Gasteiger partial charge >= 0.3 is 0 Å². The van der Waals surface area contributed by atoms with Crippen LogP contribution in [-0.4, -0.2) is 51.6 Å². The third-order valence-corrected chi connectivity index (χ3v) is 4.80. The van der Waals surface area contributed by atoms with Crippen LogP contribution >= 0.6 is 24.0 Å². The molecule has 1 saturated heterocycles. The molecule has 0 aliphatic carbocycles. The molecule has 1 aromatic carbocycles. The number of nitrogens with zero attached hydrogens (tertiary/aromatic N) is 6. The normalized spacial score (nSPS) is 14.6. The molecule has 3 aromatic rings. The number of benzene rings is 1. The van der Waals surface area contributed by atoms with Gasteiger partial charge in [0, 0.05) is 50.5 Å². The van der Waals surface area contributed by atoms with E-state index in [0.29, 0.717) is 12.5 Å². The van der Waals surface area contributed by atoms with Crippen molar-refractivity contribution in [2.24, 2.45) is 10.7 Å². The van der Waals surface area contributed by atoms with E-state index in [1.807, 2.05) is 35.0 Å². The van der Waals surface area contributed by atoms with Crippen molar-refractivity contribution in [1.82, 2.24) is 19.4 Å². The molecule has 0 saturated carbocycles. The molecule has 0 spiro atoms. The first-order valence-corrected chi connectivity index (χ1v) is 9.18. The maximum absolute atomic E-state index is 13.1. The van der Waals surface area contributed by atoms with Gasteiger partial charge in [-0.3, -0.25) is 4.57 Å². The molecular formula is C20H23FIN7. The molecule has 0 radical (unpaired) electrons. The predicted octanol–water partition coefficient (Wildman–Crippen LogP) is 2.66. The maximum Gasteiger partial charge on any atom is 0.191 e. The average Bonchev–Trinajstić information content (AvgIpc) is 3.28. The fraction of sp³-hybridized carbons (Fsp3) is 0.250. The van der Waals surface area contributed by atoms with Gasteiger partial charge < -0.3 is 15.5 Å². The van der Waals surface area contributed by atoms with Gasteiger partial charge in [-0.25, -0.2) is 19.4 Å². The minimum Gasteiger partial charge on any atom is -0.370 e. The number of aromatic nitrogens is 3. The summed E-state index contributed by atoms with van der Waals surface area (Å²) < 4.78 is 14.9. The Hall–Kier alpha value is -2.69. The molecule has 29 heavy (non-hydrogen) atoms. The molecule has 4 rings (SSSR count). The van der Waals surface area contributed by atoms with Crippen LogP contribution in [0.1, 0.15) is 5.56 Å². The van der Waals surface area contributed by atoms with E-state index in [1.165, 1.54) is 12.1 Å². The summed E-state index contributed by atoms with van der Waals surface area (Å²) in [5.74, 6) is 1.13. The topological polar surface area (TPSA) is 75.6 Å². The molecule has 1 aliphatic heterocycles. The van der Waals surface area contributed by atoms with Crippen molar-refractivity contribution in [3.63, 3.8) is 0 Å². The van der Waals surface area contributed by atoms with Crippen molar-refractivity contribution >= 4 is 35.6 Å². The number of pyridine rings is 1. The molecular weight excluding hydrogens is 484 g/mol. The Morgan fingerprint density at radius 3 is 2.52 bits per heavy atom. The number of nitrogens with two attached hydrogens (primary N) is 1. The van der Waals surface area contributed by atoms with Gasteiger partial charge in [0.25, 0.3) is 0 Å². The second-order valence-electron chi connectivity index (χ2n) is 6.62. The van der Waals surface area contributed by atoms with Gasteiger partial charge in [-0.1, -0.05) is 0 Å². The van der Waals surface area contributed by atoms with E-state index in [9.17, 15) is 4.39 Å². The van der Waals surface area contributed by atoms with Gasteiger partial charge in [0.2, 0.25) is 0 Å². The van der Waals surface area contributed by atoms with Gasteiger partial charge in [-0.05, 0) is 42.0 Å². The van der Waals surface area contributed by atoms with Crippen molar-refractivity contribution in [1.29, 1.82) is 0 Å². The van der Waals surface area contributed by atoms with Crippen molar-refractivity contribution in [3.05, 3.63) is 72.7 Å². The fourth-order valence-corrected chi connectivity index (χ4v) is 3.21. The third-order valence-electron chi connectivity index (χ3n) is 4.80. The highest BCUT2D eigenvalue weighted by Crippen LogP contribution is 2.17. The summed E-state index contributed by atoms with van der Waals surface area (Å²) in [4.78, 5) is 17.2. The smallest absolute Gasteiger partial charge is 0.191 e. The fourth-order valence-electron chi connectivity index (χ4n) is 3.21. The standard InChI is InChI=1S/C20H22FN7.HI/c21-17-1-3-18(4-2-17)26-9-11-27(12-10-26)20(22)25-14-16-5-6-24-19(13-16)28-8-7-23-15-28;/h1-8,13,15H,9-12,14H2,(H2,22,25);1H. The van der Waals surface area contributed by atoms with Crippen molar-refractivity contribution in [2.45, 2.75) is 6.54 Å². The lowest BCUT2D eigenvalue weighted by molar-refractivity contribution is 0.380. The maximum atomic E-state index is 13.1. The number of rotatable bonds is 4. The van der Waals surface area contributed by atoms with Crippen LogP contribution in [0, 0.1) is 5.82 Å². The van der Waals surface area contributed by atoms with Gasteiger partial charge in [-0.2, -0.15) is 0 Å². The molecule has 1 aliphatic rings. The molecule has 3 heterocycles. The third kappa shape index (κ3) is 5.22. The van der Waals surface area contributed by atoms with Crippen molar-refractivity contribution < 1.29 is 4.39 Å². The zero-order valence-corrected chi connectivity index (χ0v) is 18.2. The largest absolute Gasteiger partial charge is 0.370 e. The van der Waals surface area contributed by atoms with E-state index in [-0.39, 0.29) is 29.8 Å². The number of hydrogen-bond donors (Lipinski definition) is 1. The number of halogens is 2. The van der Waals surface area contributed by atoms with Crippen LogP contribution in [0.15, 0.2) is 66.3 Å². The Labute approximate surface area is 186 Å². The average molecular weight is 507 g/mol. The summed E-state index contributed by atoms with van der Waals surface area (Å²) in [7, 11) is 0. The van der Waals surface area contributed by atoms with Gasteiger partial charge in [0.15, 0.2) is 5.96 Å². The molecule has 0 atom stereocenters. The first kappa shape index (κ1) is 21.0. The minimum atomic E-state index is -0.217. The molecule has 0 unspecified atom stereocenters. The summed E-state index contributed by atoms with van der Waals surface area (Å²) in [5, 5.41) is 0. The Balaban J connectivity index is 0.00000240. The molecule has 0 amide bonds. The highest BCUT2D eigenvalue weighted by Gasteiger charge is 2.18. The van der Waals surface area contributed by atoms with Crippen LogP contribution in [0.5, 0.6) is 0 Å². The molecule has 9 heteroatoms. The lowest BCUT2D eigenvalue weighted by atomic mass is 10.2. The summed E-state index contributed by atoms with van der Waals surface area (Å²) >= 11 is 0. The van der Waals surface area contributed by atoms with E-state index in [0.717, 1.165) is 43.2 Å². The minimum absolute atomic E-state index is 0. The van der Waals surface area contributed by atoms with Gasteiger partial charge in [0.1, 0.15) is 18.0 Å².